The lowest BCUT2D eigenvalue weighted by Gasteiger charge is -2.40. The number of anilines is 1. The lowest BCUT2D eigenvalue weighted by atomic mass is 10.1. The average molecular weight is 261 g/mol. The summed E-state index contributed by atoms with van der Waals surface area (Å²) in [7, 11) is 4.28. The van der Waals surface area contributed by atoms with E-state index in [0.717, 1.165) is 19.6 Å². The normalized spacial score (nSPS) is 24.0. The van der Waals surface area contributed by atoms with Crippen LogP contribution in [0.4, 0.5) is 5.69 Å². The molecule has 1 aromatic rings. The van der Waals surface area contributed by atoms with E-state index in [0.29, 0.717) is 12.1 Å². The van der Waals surface area contributed by atoms with Crippen LogP contribution in [0, 0.1) is 13.8 Å². The summed E-state index contributed by atoms with van der Waals surface area (Å²) in [6.07, 6.45) is 0. The van der Waals surface area contributed by atoms with Gasteiger partial charge >= 0.3 is 0 Å². The number of aryl methyl sites for hydroxylation is 2. The molecule has 3 heteroatoms. The van der Waals surface area contributed by atoms with Crippen molar-refractivity contribution in [1.29, 1.82) is 0 Å². The summed E-state index contributed by atoms with van der Waals surface area (Å²) in [6.45, 7) is 9.91. The first kappa shape index (κ1) is 14.4. The van der Waals surface area contributed by atoms with Gasteiger partial charge in [-0.1, -0.05) is 6.07 Å². The van der Waals surface area contributed by atoms with Crippen molar-refractivity contribution in [2.75, 3.05) is 38.6 Å². The van der Waals surface area contributed by atoms with Crippen LogP contribution in [-0.4, -0.2) is 50.7 Å². The summed E-state index contributed by atoms with van der Waals surface area (Å²) < 4.78 is 0. The molecule has 1 saturated heterocycles. The van der Waals surface area contributed by atoms with Gasteiger partial charge in [-0.3, -0.25) is 0 Å². The van der Waals surface area contributed by atoms with Crippen LogP contribution in [0.1, 0.15) is 18.1 Å². The molecule has 0 amide bonds. The topological polar surface area (TPSA) is 18.5 Å². The van der Waals surface area contributed by atoms with Gasteiger partial charge in [-0.05, 0) is 58.1 Å². The second-order valence-corrected chi connectivity index (χ2v) is 6.20. The zero-order chi connectivity index (χ0) is 14.0. The van der Waals surface area contributed by atoms with Crippen molar-refractivity contribution >= 4 is 5.69 Å². The van der Waals surface area contributed by atoms with Crippen LogP contribution in [0.5, 0.6) is 0 Å². The highest BCUT2D eigenvalue weighted by atomic mass is 15.2. The van der Waals surface area contributed by atoms with E-state index < -0.39 is 0 Å². The van der Waals surface area contributed by atoms with Gasteiger partial charge in [-0.15, -0.1) is 0 Å². The molecule has 3 nitrogen and oxygen atoms in total. The third kappa shape index (κ3) is 3.71. The zero-order valence-electron chi connectivity index (χ0n) is 12.9. The van der Waals surface area contributed by atoms with Gasteiger partial charge in [-0.2, -0.15) is 0 Å². The lowest BCUT2D eigenvalue weighted by Crippen LogP contribution is -2.58. The van der Waals surface area contributed by atoms with E-state index >= 15 is 0 Å². The van der Waals surface area contributed by atoms with E-state index in [1.54, 1.807) is 0 Å². The predicted molar refractivity (Wildman–Crippen MR) is 83.1 cm³/mol. The monoisotopic (exact) mass is 261 g/mol. The molecule has 0 radical (unpaired) electrons. The smallest absolute Gasteiger partial charge is 0.0373 e. The highest BCUT2D eigenvalue weighted by Gasteiger charge is 2.24. The van der Waals surface area contributed by atoms with Gasteiger partial charge in [0.1, 0.15) is 0 Å². The number of rotatable bonds is 3. The van der Waals surface area contributed by atoms with Crippen molar-refractivity contribution in [2.45, 2.75) is 32.9 Å². The summed E-state index contributed by atoms with van der Waals surface area (Å²) >= 11 is 0. The minimum absolute atomic E-state index is 0.542. The Balaban J connectivity index is 2.12. The number of likely N-dealkylation sites (N-methyl/N-ethyl adjacent to an activating group) is 1. The van der Waals surface area contributed by atoms with E-state index in [-0.39, 0.29) is 0 Å². The molecule has 1 aliphatic rings. The highest BCUT2D eigenvalue weighted by Crippen LogP contribution is 2.21. The third-order valence-corrected chi connectivity index (χ3v) is 3.90. The summed E-state index contributed by atoms with van der Waals surface area (Å²) in [4.78, 5) is 4.77. The Bertz CT molecular complexity index is 426. The number of nitrogens with zero attached hydrogens (tertiary/aromatic N) is 2. The largest absolute Gasteiger partial charge is 0.368 e. The Morgan fingerprint density at radius 1 is 1.21 bits per heavy atom. The fraction of sp³-hybridized carbons (Fsp3) is 0.625. The van der Waals surface area contributed by atoms with Gasteiger partial charge in [0.15, 0.2) is 0 Å². The molecule has 2 unspecified atom stereocenters. The molecule has 19 heavy (non-hydrogen) atoms. The number of benzene rings is 1. The van der Waals surface area contributed by atoms with Crippen LogP contribution < -0.4 is 10.2 Å². The standard InChI is InChI=1S/C16H27N3/c1-12-6-7-16(8-13(12)2)19-9-14(3)17-15(11-19)10-18(4)5/h6-8,14-15,17H,9-11H2,1-5H3. The second-order valence-electron chi connectivity index (χ2n) is 6.20. The Hall–Kier alpha value is -1.06. The Morgan fingerprint density at radius 2 is 1.95 bits per heavy atom. The molecule has 1 aromatic carbocycles. The molecular formula is C16H27N3. The number of piperazine rings is 1. The number of hydrogen-bond donors (Lipinski definition) is 1. The minimum atomic E-state index is 0.542. The van der Waals surface area contributed by atoms with Gasteiger partial charge in [0.25, 0.3) is 0 Å². The molecule has 0 bridgehead atoms. The van der Waals surface area contributed by atoms with Crippen LogP contribution in [0.25, 0.3) is 0 Å². The average Bonchev–Trinajstić information content (AvgIpc) is 2.31. The van der Waals surface area contributed by atoms with E-state index in [1.807, 2.05) is 0 Å². The molecule has 1 N–H and O–H groups in total. The van der Waals surface area contributed by atoms with Crippen LogP contribution in [-0.2, 0) is 0 Å². The van der Waals surface area contributed by atoms with Crippen molar-refractivity contribution in [3.05, 3.63) is 29.3 Å². The van der Waals surface area contributed by atoms with Crippen molar-refractivity contribution in [1.82, 2.24) is 10.2 Å². The van der Waals surface area contributed by atoms with Gasteiger partial charge in [0, 0.05) is 37.4 Å². The number of hydrogen-bond acceptors (Lipinski definition) is 3. The van der Waals surface area contributed by atoms with Gasteiger partial charge < -0.3 is 15.1 Å². The first-order valence-electron chi connectivity index (χ1n) is 7.18. The summed E-state index contributed by atoms with van der Waals surface area (Å²) in [5.41, 5.74) is 4.12. The Labute approximate surface area is 117 Å². The third-order valence-electron chi connectivity index (χ3n) is 3.90. The summed E-state index contributed by atoms with van der Waals surface area (Å²) in [6, 6.07) is 7.89. The Morgan fingerprint density at radius 3 is 2.58 bits per heavy atom. The van der Waals surface area contributed by atoms with Crippen molar-refractivity contribution in [3.63, 3.8) is 0 Å². The van der Waals surface area contributed by atoms with E-state index in [2.05, 4.69) is 68.2 Å². The lowest BCUT2D eigenvalue weighted by molar-refractivity contribution is 0.297. The Kier molecular flexibility index (Phi) is 4.48. The molecule has 0 saturated carbocycles. The first-order valence-corrected chi connectivity index (χ1v) is 7.18. The maximum atomic E-state index is 3.69. The SMILES string of the molecule is Cc1ccc(N2CC(C)NC(CN(C)C)C2)cc1C. The van der Waals surface area contributed by atoms with Crippen LogP contribution in [0.2, 0.25) is 0 Å². The van der Waals surface area contributed by atoms with Crippen LogP contribution in [0.3, 0.4) is 0 Å². The number of nitrogens with one attached hydrogen (secondary N) is 1. The van der Waals surface area contributed by atoms with Crippen molar-refractivity contribution < 1.29 is 0 Å². The van der Waals surface area contributed by atoms with E-state index in [1.165, 1.54) is 16.8 Å². The fourth-order valence-corrected chi connectivity index (χ4v) is 2.86. The molecule has 0 aromatic heterocycles. The molecule has 106 valence electrons. The maximum absolute atomic E-state index is 3.69. The molecule has 2 atom stereocenters. The molecular weight excluding hydrogens is 234 g/mol. The molecule has 1 heterocycles. The zero-order valence-corrected chi connectivity index (χ0v) is 12.9. The first-order chi connectivity index (χ1) is 8.95. The van der Waals surface area contributed by atoms with E-state index in [9.17, 15) is 0 Å². The van der Waals surface area contributed by atoms with Crippen LogP contribution in [0.15, 0.2) is 18.2 Å². The fourth-order valence-electron chi connectivity index (χ4n) is 2.86. The molecule has 1 aliphatic heterocycles. The molecule has 2 rings (SSSR count). The van der Waals surface area contributed by atoms with Crippen LogP contribution >= 0.6 is 0 Å². The van der Waals surface area contributed by atoms with Crippen molar-refractivity contribution in [2.24, 2.45) is 0 Å². The molecule has 0 spiro atoms. The molecule has 1 fully saturated rings. The summed E-state index contributed by atoms with van der Waals surface area (Å²) in [5, 5.41) is 3.69. The highest BCUT2D eigenvalue weighted by molar-refractivity contribution is 5.51. The maximum Gasteiger partial charge on any atom is 0.0373 e. The quantitative estimate of drug-likeness (QED) is 0.898. The summed E-state index contributed by atoms with van der Waals surface area (Å²) in [5.74, 6) is 0. The van der Waals surface area contributed by atoms with Gasteiger partial charge in [0.05, 0.1) is 0 Å². The van der Waals surface area contributed by atoms with E-state index in [4.69, 9.17) is 0 Å². The van der Waals surface area contributed by atoms with Crippen molar-refractivity contribution in [3.8, 4) is 0 Å². The molecule has 0 aliphatic carbocycles. The van der Waals surface area contributed by atoms with Gasteiger partial charge in [-0.25, -0.2) is 0 Å². The minimum Gasteiger partial charge on any atom is -0.368 e. The van der Waals surface area contributed by atoms with Gasteiger partial charge in [0.2, 0.25) is 0 Å². The predicted octanol–water partition coefficient (Wildman–Crippen LogP) is 2.03. The second kappa shape index (κ2) is 5.93.